The summed E-state index contributed by atoms with van der Waals surface area (Å²) in [6, 6.07) is 4.73. The van der Waals surface area contributed by atoms with E-state index in [4.69, 9.17) is 11.6 Å². The molecule has 3 aromatic rings. The first-order valence-electron chi connectivity index (χ1n) is 8.14. The van der Waals surface area contributed by atoms with Gasteiger partial charge < -0.3 is 9.67 Å². The van der Waals surface area contributed by atoms with Crippen molar-refractivity contribution in [3.63, 3.8) is 0 Å². The van der Waals surface area contributed by atoms with Gasteiger partial charge in [0.1, 0.15) is 5.60 Å². The third kappa shape index (κ3) is 3.12. The van der Waals surface area contributed by atoms with Crippen molar-refractivity contribution >= 4 is 22.5 Å². The van der Waals surface area contributed by atoms with E-state index in [1.165, 1.54) is 22.2 Å². The van der Waals surface area contributed by atoms with Gasteiger partial charge in [-0.25, -0.2) is 0 Å². The Morgan fingerprint density at radius 1 is 1.26 bits per heavy atom. The molecule has 1 aromatic carbocycles. The minimum absolute atomic E-state index is 0.157. The lowest BCUT2D eigenvalue weighted by molar-refractivity contribution is -0.137. The van der Waals surface area contributed by atoms with Gasteiger partial charge in [-0.15, -0.1) is 0 Å². The Kier molecular flexibility index (Phi) is 4.60. The van der Waals surface area contributed by atoms with Gasteiger partial charge in [0.15, 0.2) is 5.52 Å². The van der Waals surface area contributed by atoms with Crippen LogP contribution in [0.25, 0.3) is 10.9 Å². The molecule has 0 radical (unpaired) electrons. The van der Waals surface area contributed by atoms with Crippen molar-refractivity contribution in [2.24, 2.45) is 7.05 Å². The van der Waals surface area contributed by atoms with Crippen molar-refractivity contribution in [1.29, 1.82) is 0 Å². The third-order valence-corrected chi connectivity index (χ3v) is 4.92. The average molecular weight is 400 g/mol. The second-order valence-corrected chi connectivity index (χ2v) is 6.81. The fourth-order valence-electron chi connectivity index (χ4n) is 3.24. The molecule has 9 heteroatoms. The Morgan fingerprint density at radius 2 is 1.93 bits per heavy atom. The van der Waals surface area contributed by atoms with Crippen molar-refractivity contribution in [1.82, 2.24) is 14.3 Å². The van der Waals surface area contributed by atoms with Gasteiger partial charge in [-0.1, -0.05) is 17.7 Å². The van der Waals surface area contributed by atoms with E-state index < -0.39 is 22.4 Å². The quantitative estimate of drug-likeness (QED) is 0.730. The van der Waals surface area contributed by atoms with Gasteiger partial charge in [0.05, 0.1) is 16.3 Å². The number of hydrogen-bond acceptors (Lipinski definition) is 3. The molecule has 0 spiro atoms. The zero-order valence-electron chi connectivity index (χ0n) is 14.8. The molecule has 2 aromatic heterocycles. The predicted molar refractivity (Wildman–Crippen MR) is 95.8 cm³/mol. The lowest BCUT2D eigenvalue weighted by Crippen LogP contribution is -2.27. The van der Waals surface area contributed by atoms with E-state index in [1.54, 1.807) is 19.3 Å². The number of hydrogen-bond donors (Lipinski definition) is 1. The van der Waals surface area contributed by atoms with Crippen molar-refractivity contribution < 1.29 is 18.3 Å². The maximum absolute atomic E-state index is 12.9. The maximum atomic E-state index is 12.9. The molecule has 144 valence electrons. The molecule has 27 heavy (non-hydrogen) atoms. The molecule has 3 rings (SSSR count). The molecule has 0 fully saturated rings. The topological polar surface area (TPSA) is 60.1 Å². The minimum atomic E-state index is -4.59. The summed E-state index contributed by atoms with van der Waals surface area (Å²) < 4.78 is 41.7. The highest BCUT2D eigenvalue weighted by Crippen LogP contribution is 2.39. The van der Waals surface area contributed by atoms with E-state index in [1.807, 2.05) is 6.92 Å². The standard InChI is InChI=1S/C18H17ClF3N3O2/c1-4-25-8-7-11-14(16(25)26)23-24(3)15(11)17(2,27)10-5-6-12(13(19)9-10)18(20,21)22/h5-9,27H,4H2,1-3H3/t17-/m1/s1. The van der Waals surface area contributed by atoms with Crippen LogP contribution in [0.2, 0.25) is 5.02 Å². The fourth-order valence-corrected chi connectivity index (χ4v) is 3.52. The molecule has 5 nitrogen and oxygen atoms in total. The van der Waals surface area contributed by atoms with Gasteiger partial charge in [-0.3, -0.25) is 9.48 Å². The minimum Gasteiger partial charge on any atom is -0.379 e. The number of fused-ring (bicyclic) bond motifs is 1. The predicted octanol–water partition coefficient (Wildman–Crippen LogP) is 3.68. The molecule has 0 aliphatic heterocycles. The number of aromatic nitrogens is 3. The maximum Gasteiger partial charge on any atom is 0.417 e. The normalized spacial score (nSPS) is 14.5. The van der Waals surface area contributed by atoms with E-state index in [0.717, 1.165) is 12.1 Å². The third-order valence-electron chi connectivity index (χ3n) is 4.61. The summed E-state index contributed by atoms with van der Waals surface area (Å²) >= 11 is 5.80. The van der Waals surface area contributed by atoms with Crippen LogP contribution in [0.15, 0.2) is 35.3 Å². The Hall–Kier alpha value is -2.32. The van der Waals surface area contributed by atoms with Crippen LogP contribution in [-0.4, -0.2) is 19.5 Å². The van der Waals surface area contributed by atoms with Crippen molar-refractivity contribution in [3.8, 4) is 0 Å². The van der Waals surface area contributed by atoms with Gasteiger partial charge in [0.25, 0.3) is 5.56 Å². The van der Waals surface area contributed by atoms with Gasteiger partial charge in [-0.2, -0.15) is 18.3 Å². The van der Waals surface area contributed by atoms with Gasteiger partial charge in [0.2, 0.25) is 0 Å². The first-order chi connectivity index (χ1) is 12.5. The van der Waals surface area contributed by atoms with E-state index in [0.29, 0.717) is 11.9 Å². The second-order valence-electron chi connectivity index (χ2n) is 6.41. The molecular formula is C18H17ClF3N3O2. The summed E-state index contributed by atoms with van der Waals surface area (Å²) in [4.78, 5) is 12.5. The molecule has 0 saturated carbocycles. The molecule has 0 aliphatic rings. The van der Waals surface area contributed by atoms with Gasteiger partial charge in [-0.05, 0) is 37.6 Å². The SMILES string of the molecule is CCn1ccc2c([C@](C)(O)c3ccc(C(F)(F)F)c(Cl)c3)n(C)nc2c1=O. The zero-order valence-corrected chi connectivity index (χ0v) is 15.6. The van der Waals surface area contributed by atoms with Crippen LogP contribution in [0.4, 0.5) is 13.2 Å². The Bertz CT molecular complexity index is 1080. The van der Waals surface area contributed by atoms with Crippen LogP contribution in [0.1, 0.15) is 30.7 Å². The molecule has 0 aliphatic carbocycles. The molecular weight excluding hydrogens is 383 g/mol. The number of aliphatic hydroxyl groups is 1. The highest BCUT2D eigenvalue weighted by Gasteiger charge is 2.36. The van der Waals surface area contributed by atoms with Crippen LogP contribution in [0, 0.1) is 0 Å². The summed E-state index contributed by atoms with van der Waals surface area (Å²) in [5, 5.41) is 15.3. The van der Waals surface area contributed by atoms with Crippen molar-refractivity contribution in [2.75, 3.05) is 0 Å². The van der Waals surface area contributed by atoms with Gasteiger partial charge in [0, 0.05) is 25.2 Å². The molecule has 2 heterocycles. The van der Waals surface area contributed by atoms with Gasteiger partial charge >= 0.3 is 6.18 Å². The Balaban J connectivity index is 2.21. The van der Waals surface area contributed by atoms with Crippen LogP contribution >= 0.6 is 11.6 Å². The number of alkyl halides is 3. The highest BCUT2D eigenvalue weighted by atomic mass is 35.5. The number of nitrogens with zero attached hydrogens (tertiary/aromatic N) is 3. The van der Waals surface area contributed by atoms with E-state index in [-0.39, 0.29) is 22.3 Å². The number of aryl methyl sites for hydroxylation is 2. The first-order valence-corrected chi connectivity index (χ1v) is 8.52. The fraction of sp³-hybridized carbons (Fsp3) is 0.333. The van der Waals surface area contributed by atoms with E-state index >= 15 is 0 Å². The molecule has 0 amide bonds. The van der Waals surface area contributed by atoms with Crippen LogP contribution in [0.5, 0.6) is 0 Å². The number of benzene rings is 1. The summed E-state index contributed by atoms with van der Waals surface area (Å²) in [7, 11) is 1.56. The second kappa shape index (κ2) is 6.38. The molecule has 1 atom stereocenters. The van der Waals surface area contributed by atoms with Crippen LogP contribution in [0.3, 0.4) is 0 Å². The number of halogens is 4. The monoisotopic (exact) mass is 399 g/mol. The first kappa shape index (κ1) is 19.4. The lowest BCUT2D eigenvalue weighted by atomic mass is 9.90. The van der Waals surface area contributed by atoms with E-state index in [9.17, 15) is 23.1 Å². The molecule has 0 bridgehead atoms. The number of rotatable bonds is 3. The summed E-state index contributed by atoms with van der Waals surface area (Å²) in [6.07, 6.45) is -3.00. The van der Waals surface area contributed by atoms with Crippen LogP contribution in [-0.2, 0) is 25.4 Å². The largest absolute Gasteiger partial charge is 0.417 e. The van der Waals surface area contributed by atoms with Crippen LogP contribution < -0.4 is 5.56 Å². The molecule has 0 unspecified atom stereocenters. The Labute approximate surface area is 157 Å². The molecule has 1 N–H and O–H groups in total. The zero-order chi connectivity index (χ0) is 20.1. The summed E-state index contributed by atoms with van der Waals surface area (Å²) in [5.74, 6) is 0. The average Bonchev–Trinajstić information content (AvgIpc) is 2.91. The number of pyridine rings is 1. The summed E-state index contributed by atoms with van der Waals surface area (Å²) in [6.45, 7) is 3.71. The highest BCUT2D eigenvalue weighted by molar-refractivity contribution is 6.31. The molecule has 0 saturated heterocycles. The lowest BCUT2D eigenvalue weighted by Gasteiger charge is -2.25. The smallest absolute Gasteiger partial charge is 0.379 e. The van der Waals surface area contributed by atoms with Crippen molar-refractivity contribution in [3.05, 3.63) is 62.7 Å². The Morgan fingerprint density at radius 3 is 2.48 bits per heavy atom. The van der Waals surface area contributed by atoms with Crippen molar-refractivity contribution in [2.45, 2.75) is 32.2 Å². The summed E-state index contributed by atoms with van der Waals surface area (Å²) in [5.41, 5.74) is -2.39. The van der Waals surface area contributed by atoms with E-state index in [2.05, 4.69) is 5.10 Å².